The fraction of sp³-hybridized carbons (Fsp3) is 0.267. The van der Waals surface area contributed by atoms with E-state index in [-0.39, 0.29) is 28.4 Å². The van der Waals surface area contributed by atoms with Crippen molar-refractivity contribution in [2.24, 2.45) is 0 Å². The van der Waals surface area contributed by atoms with E-state index in [4.69, 9.17) is 0 Å². The second-order valence-corrected chi connectivity index (χ2v) is 23.1. The van der Waals surface area contributed by atoms with Crippen LogP contribution in [0.5, 0.6) is 0 Å². The van der Waals surface area contributed by atoms with E-state index < -0.39 is 0 Å². The molecule has 64 heavy (non-hydrogen) atoms. The lowest BCUT2D eigenvalue weighted by molar-refractivity contribution is 0.332. The molecule has 0 N–H and O–H groups in total. The zero-order valence-corrected chi connectivity index (χ0v) is 40.0. The van der Waals surface area contributed by atoms with Crippen LogP contribution in [0, 0.1) is 0 Å². The number of anilines is 6. The van der Waals surface area contributed by atoms with Crippen LogP contribution >= 0.6 is 11.3 Å². The van der Waals surface area contributed by atoms with Crippen molar-refractivity contribution < 1.29 is 0 Å². The Labute approximate surface area is 385 Å². The van der Waals surface area contributed by atoms with Gasteiger partial charge in [0.25, 0.3) is 6.71 Å². The summed E-state index contributed by atoms with van der Waals surface area (Å²) in [7, 11) is 0. The van der Waals surface area contributed by atoms with E-state index >= 15 is 0 Å². The van der Waals surface area contributed by atoms with Crippen molar-refractivity contribution in [1.82, 2.24) is 0 Å². The highest BCUT2D eigenvalue weighted by molar-refractivity contribution is 7.26. The molecule has 0 fully saturated rings. The van der Waals surface area contributed by atoms with Crippen LogP contribution in [0.3, 0.4) is 0 Å². The molecular formula is C60H59BN2S. The summed E-state index contributed by atoms with van der Waals surface area (Å²) in [4.78, 5) is 5.30. The molecule has 3 heterocycles. The summed E-state index contributed by atoms with van der Waals surface area (Å²) < 4.78 is 1.33. The lowest BCUT2D eigenvalue weighted by Crippen LogP contribution is -2.61. The first-order valence-corrected chi connectivity index (χ1v) is 24.2. The number of hydrogen-bond donors (Lipinski definition) is 0. The molecule has 0 unspecified atom stereocenters. The van der Waals surface area contributed by atoms with Crippen molar-refractivity contribution in [3.8, 4) is 22.3 Å². The molecule has 0 spiro atoms. The Hall–Kier alpha value is -5.84. The molecule has 0 atom stereocenters. The number of thiophene rings is 1. The summed E-state index contributed by atoms with van der Waals surface area (Å²) in [6.45, 7) is 23.9. The van der Waals surface area contributed by atoms with Gasteiger partial charge in [0.2, 0.25) is 0 Å². The summed E-state index contributed by atoms with van der Waals surface area (Å²) in [6, 6.07) is 58.4. The molecule has 11 rings (SSSR count). The third-order valence-corrected chi connectivity index (χ3v) is 16.0. The molecule has 0 saturated heterocycles. The fourth-order valence-electron chi connectivity index (χ4n) is 11.0. The van der Waals surface area contributed by atoms with E-state index in [1.165, 1.54) is 111 Å². The van der Waals surface area contributed by atoms with Crippen LogP contribution < -0.4 is 26.2 Å². The van der Waals surface area contributed by atoms with Gasteiger partial charge in [0.15, 0.2) is 0 Å². The van der Waals surface area contributed by atoms with Crippen molar-refractivity contribution in [3.05, 3.63) is 174 Å². The molecule has 318 valence electrons. The minimum atomic E-state index is -0.0204. The van der Waals surface area contributed by atoms with Gasteiger partial charge in [-0.3, -0.25) is 0 Å². The molecular weight excluding hydrogens is 792 g/mol. The molecule has 0 saturated carbocycles. The summed E-state index contributed by atoms with van der Waals surface area (Å²) in [5.74, 6) is 0. The van der Waals surface area contributed by atoms with E-state index in [0.717, 1.165) is 6.42 Å². The maximum absolute atomic E-state index is 2.68. The van der Waals surface area contributed by atoms with E-state index in [2.05, 4.69) is 231 Å². The van der Waals surface area contributed by atoms with Crippen LogP contribution in [0.4, 0.5) is 33.4 Å². The Morgan fingerprint density at radius 3 is 1.69 bits per heavy atom. The molecule has 1 aromatic heterocycles. The highest BCUT2D eigenvalue weighted by Gasteiger charge is 2.48. The first kappa shape index (κ1) is 40.9. The second kappa shape index (κ2) is 14.3. The van der Waals surface area contributed by atoms with E-state index in [9.17, 15) is 0 Å². The average Bonchev–Trinajstić information content (AvgIpc) is 3.66. The van der Waals surface area contributed by atoms with Crippen molar-refractivity contribution in [2.75, 3.05) is 9.80 Å². The topological polar surface area (TPSA) is 6.48 Å². The predicted octanol–water partition coefficient (Wildman–Crippen LogP) is 15.3. The molecule has 0 radical (unpaired) electrons. The van der Waals surface area contributed by atoms with Crippen LogP contribution in [-0.4, -0.2) is 6.71 Å². The molecule has 2 aliphatic heterocycles. The third kappa shape index (κ3) is 6.42. The number of fused-ring (bicyclic) bond motifs is 7. The minimum absolute atomic E-state index is 0.0204. The Morgan fingerprint density at radius 2 is 1.05 bits per heavy atom. The van der Waals surface area contributed by atoms with E-state index in [0.29, 0.717) is 0 Å². The average molecular weight is 851 g/mol. The normalized spacial score (nSPS) is 16.0. The zero-order valence-electron chi connectivity index (χ0n) is 39.2. The first-order chi connectivity index (χ1) is 30.5. The van der Waals surface area contributed by atoms with Gasteiger partial charge in [0.05, 0.1) is 10.7 Å². The molecule has 0 bridgehead atoms. The molecule has 4 heteroatoms. The van der Waals surface area contributed by atoms with Gasteiger partial charge in [0, 0.05) is 33.0 Å². The summed E-state index contributed by atoms with van der Waals surface area (Å²) in [6.07, 6.45) is 2.33. The summed E-state index contributed by atoms with van der Waals surface area (Å²) in [5.41, 5.74) is 21.1. The number of rotatable bonds is 4. The maximum Gasteiger partial charge on any atom is 0.254 e. The predicted molar refractivity (Wildman–Crippen MR) is 279 cm³/mol. The van der Waals surface area contributed by atoms with Gasteiger partial charge < -0.3 is 9.80 Å². The lowest BCUT2D eigenvalue weighted by Gasteiger charge is -2.47. The Balaban J connectivity index is 1.31. The fourth-order valence-corrected chi connectivity index (χ4v) is 12.3. The maximum atomic E-state index is 2.68. The highest BCUT2D eigenvalue weighted by atomic mass is 32.1. The molecule has 7 aromatic carbocycles. The van der Waals surface area contributed by atoms with Crippen LogP contribution in [0.15, 0.2) is 152 Å². The van der Waals surface area contributed by atoms with Crippen LogP contribution in [0.2, 0.25) is 0 Å². The Morgan fingerprint density at radius 1 is 0.484 bits per heavy atom. The standard InChI is InChI=1S/C60H59BN2S/c1-57(2,3)41-25-28-43(29-26-41)62-51-33-40(38-19-13-11-14-20-38)34-52-55(51)61(54-44-23-17-18-24-53(44)64-56(54)62)48-36-46-47(60(9,10)32-31-59(46,7)8)37-50(48)63(52)49-30-27-42(58(4,5)6)35-45(49)39-21-15-12-16-22-39/h11-30,33-37H,31-32H2,1-10H3. The van der Waals surface area contributed by atoms with Crippen LogP contribution in [0.1, 0.15) is 104 Å². The minimum Gasteiger partial charge on any atom is -0.311 e. The SMILES string of the molecule is CC(C)(C)c1ccc(N2c3cc(-c4ccccc4)cc4c3B(c3cc5c(cc3N4c3ccc(C(C)(C)C)cc3-c3ccccc3)C(C)(C)CCC5(C)C)c3c2sc2ccccc32)cc1. The Kier molecular flexibility index (Phi) is 9.16. The molecule has 1 aliphatic carbocycles. The number of hydrogen-bond acceptors (Lipinski definition) is 3. The van der Waals surface area contributed by atoms with Gasteiger partial charge in [-0.2, -0.15) is 0 Å². The molecule has 3 aliphatic rings. The van der Waals surface area contributed by atoms with Gasteiger partial charge in [-0.05, 0) is 144 Å². The van der Waals surface area contributed by atoms with Crippen LogP contribution in [0.25, 0.3) is 32.3 Å². The third-order valence-electron chi connectivity index (χ3n) is 14.9. The number of nitrogens with zero attached hydrogens (tertiary/aromatic N) is 2. The summed E-state index contributed by atoms with van der Waals surface area (Å²) >= 11 is 1.94. The van der Waals surface area contributed by atoms with Crippen molar-refractivity contribution in [1.29, 1.82) is 0 Å². The zero-order chi connectivity index (χ0) is 44.5. The largest absolute Gasteiger partial charge is 0.311 e. The van der Waals surface area contributed by atoms with Gasteiger partial charge in [-0.25, -0.2) is 0 Å². The Bertz CT molecular complexity index is 3120. The van der Waals surface area contributed by atoms with Crippen molar-refractivity contribution in [2.45, 2.75) is 104 Å². The van der Waals surface area contributed by atoms with E-state index in [1.807, 2.05) is 11.3 Å². The van der Waals surface area contributed by atoms with Gasteiger partial charge in [-0.1, -0.05) is 172 Å². The van der Waals surface area contributed by atoms with Crippen LogP contribution in [-0.2, 0) is 21.7 Å². The van der Waals surface area contributed by atoms with Crippen molar-refractivity contribution >= 4 is 78.0 Å². The van der Waals surface area contributed by atoms with Gasteiger partial charge >= 0.3 is 0 Å². The molecule has 0 amide bonds. The summed E-state index contributed by atoms with van der Waals surface area (Å²) in [5, 5.41) is 2.67. The van der Waals surface area contributed by atoms with Gasteiger partial charge in [-0.15, -0.1) is 11.3 Å². The second-order valence-electron chi connectivity index (χ2n) is 22.1. The van der Waals surface area contributed by atoms with E-state index in [1.54, 1.807) is 0 Å². The first-order valence-electron chi connectivity index (χ1n) is 23.3. The highest BCUT2D eigenvalue weighted by Crippen LogP contribution is 2.53. The van der Waals surface area contributed by atoms with Crippen molar-refractivity contribution in [3.63, 3.8) is 0 Å². The smallest absolute Gasteiger partial charge is 0.254 e. The monoisotopic (exact) mass is 850 g/mol. The molecule has 8 aromatic rings. The van der Waals surface area contributed by atoms with Gasteiger partial charge in [0.1, 0.15) is 0 Å². The lowest BCUT2D eigenvalue weighted by atomic mass is 9.33. The number of benzene rings is 7. The quantitative estimate of drug-likeness (QED) is 0.163. The molecule has 2 nitrogen and oxygen atoms in total.